The van der Waals surface area contributed by atoms with Gasteiger partial charge in [-0.2, -0.15) is 0 Å². The van der Waals surface area contributed by atoms with Gasteiger partial charge in [-0.25, -0.2) is 9.97 Å². The molecule has 0 spiro atoms. The van der Waals surface area contributed by atoms with Crippen molar-refractivity contribution in [3.05, 3.63) is 42.1 Å². The van der Waals surface area contributed by atoms with Crippen molar-refractivity contribution in [3.63, 3.8) is 0 Å². The van der Waals surface area contributed by atoms with E-state index < -0.39 is 10.8 Å². The predicted octanol–water partition coefficient (Wildman–Crippen LogP) is 1.86. The summed E-state index contributed by atoms with van der Waals surface area (Å²) in [6, 6.07) is 11.8. The van der Waals surface area contributed by atoms with E-state index >= 15 is 0 Å². The van der Waals surface area contributed by atoms with Crippen LogP contribution in [0.1, 0.15) is 5.69 Å². The van der Waals surface area contributed by atoms with Crippen LogP contribution in [0.3, 0.4) is 0 Å². The maximum atomic E-state index is 11.6. The van der Waals surface area contributed by atoms with Crippen LogP contribution in [-0.2, 0) is 21.3 Å². The maximum Gasteiger partial charge on any atom is 0.161 e. The molecule has 1 aliphatic heterocycles. The van der Waals surface area contributed by atoms with Crippen molar-refractivity contribution in [2.45, 2.75) is 5.75 Å². The molecule has 3 rings (SSSR count). The van der Waals surface area contributed by atoms with Crippen molar-refractivity contribution in [1.29, 1.82) is 0 Å². The highest BCUT2D eigenvalue weighted by molar-refractivity contribution is 7.83. The number of anilines is 1. The average molecular weight is 317 g/mol. The molecular weight excluding hydrogens is 298 g/mol. The minimum atomic E-state index is -0.928. The van der Waals surface area contributed by atoms with Crippen molar-refractivity contribution in [3.8, 4) is 11.4 Å². The molecule has 116 valence electrons. The zero-order valence-electron chi connectivity index (χ0n) is 12.6. The maximum absolute atomic E-state index is 11.6. The van der Waals surface area contributed by atoms with Crippen LogP contribution in [0.15, 0.2) is 36.4 Å². The van der Waals surface area contributed by atoms with Gasteiger partial charge in [0.1, 0.15) is 5.82 Å². The van der Waals surface area contributed by atoms with Crippen molar-refractivity contribution < 1.29 is 8.95 Å². The Hall–Kier alpha value is -1.79. The van der Waals surface area contributed by atoms with E-state index in [0.29, 0.717) is 24.8 Å². The fraction of sp³-hybridized carbons (Fsp3) is 0.375. The molecule has 0 aliphatic carbocycles. The van der Waals surface area contributed by atoms with E-state index in [2.05, 4.69) is 9.88 Å². The van der Waals surface area contributed by atoms with E-state index in [-0.39, 0.29) is 0 Å². The summed E-state index contributed by atoms with van der Waals surface area (Å²) in [5.41, 5.74) is 1.79. The summed E-state index contributed by atoms with van der Waals surface area (Å²) in [5, 5.41) is 0. The molecule has 1 aromatic carbocycles. The van der Waals surface area contributed by atoms with Gasteiger partial charge in [-0.1, -0.05) is 30.3 Å². The second kappa shape index (κ2) is 6.98. The molecule has 0 bridgehead atoms. The first-order valence-corrected chi connectivity index (χ1v) is 9.01. The zero-order chi connectivity index (χ0) is 15.4. The molecule has 0 unspecified atom stereocenters. The average Bonchev–Trinajstić information content (AvgIpc) is 2.55. The minimum Gasteiger partial charge on any atom is -0.378 e. The fourth-order valence-electron chi connectivity index (χ4n) is 2.44. The molecule has 0 amide bonds. The van der Waals surface area contributed by atoms with E-state index in [1.165, 1.54) is 0 Å². The van der Waals surface area contributed by atoms with Crippen LogP contribution < -0.4 is 4.90 Å². The first-order chi connectivity index (χ1) is 10.7. The van der Waals surface area contributed by atoms with Crippen LogP contribution in [0.5, 0.6) is 0 Å². The third-order valence-corrected chi connectivity index (χ3v) is 4.19. The summed E-state index contributed by atoms with van der Waals surface area (Å²) in [6.07, 6.45) is 1.69. The van der Waals surface area contributed by atoms with Gasteiger partial charge < -0.3 is 9.64 Å². The molecule has 0 N–H and O–H groups in total. The molecular formula is C16H19N3O2S. The smallest absolute Gasteiger partial charge is 0.161 e. The molecule has 1 fully saturated rings. The molecule has 5 nitrogen and oxygen atoms in total. The van der Waals surface area contributed by atoms with Crippen LogP contribution >= 0.6 is 0 Å². The van der Waals surface area contributed by atoms with Gasteiger partial charge >= 0.3 is 0 Å². The van der Waals surface area contributed by atoms with Gasteiger partial charge in [-0.3, -0.25) is 4.21 Å². The van der Waals surface area contributed by atoms with Crippen molar-refractivity contribution >= 4 is 16.6 Å². The Balaban J connectivity index is 1.99. The Morgan fingerprint density at radius 2 is 1.91 bits per heavy atom. The van der Waals surface area contributed by atoms with Gasteiger partial charge in [-0.05, 0) is 0 Å². The summed E-state index contributed by atoms with van der Waals surface area (Å²) < 4.78 is 17.0. The van der Waals surface area contributed by atoms with E-state index in [0.717, 1.165) is 30.2 Å². The molecule has 6 heteroatoms. The highest BCUT2D eigenvalue weighted by Crippen LogP contribution is 2.21. The summed E-state index contributed by atoms with van der Waals surface area (Å²) in [7, 11) is -0.928. The highest BCUT2D eigenvalue weighted by Gasteiger charge is 2.16. The van der Waals surface area contributed by atoms with Crippen LogP contribution in [-0.4, -0.2) is 46.7 Å². The lowest BCUT2D eigenvalue weighted by molar-refractivity contribution is 0.122. The number of nitrogens with zero attached hydrogens (tertiary/aromatic N) is 3. The fourth-order valence-corrected chi connectivity index (χ4v) is 3.00. The topological polar surface area (TPSA) is 55.3 Å². The molecule has 1 aliphatic rings. The monoisotopic (exact) mass is 317 g/mol. The first kappa shape index (κ1) is 15.1. The summed E-state index contributed by atoms with van der Waals surface area (Å²) in [4.78, 5) is 11.5. The Morgan fingerprint density at radius 1 is 1.18 bits per heavy atom. The van der Waals surface area contributed by atoms with E-state index in [1.807, 2.05) is 36.4 Å². The van der Waals surface area contributed by atoms with E-state index in [4.69, 9.17) is 9.72 Å². The van der Waals surface area contributed by atoms with Gasteiger partial charge in [-0.15, -0.1) is 0 Å². The molecule has 1 atom stereocenters. The van der Waals surface area contributed by atoms with Gasteiger partial charge in [0, 0.05) is 41.8 Å². The van der Waals surface area contributed by atoms with Crippen LogP contribution in [0.4, 0.5) is 5.82 Å². The molecule has 1 saturated heterocycles. The molecule has 22 heavy (non-hydrogen) atoms. The normalized spacial score (nSPS) is 16.5. The van der Waals surface area contributed by atoms with Crippen LogP contribution in [0.25, 0.3) is 11.4 Å². The number of hydrogen-bond donors (Lipinski definition) is 0. The second-order valence-electron chi connectivity index (χ2n) is 5.22. The standard InChI is InChI=1S/C16H19N3O2S/c1-22(20)12-14-11-15(19-7-9-21-10-8-19)18-16(17-14)13-5-3-2-4-6-13/h2-6,11H,7-10,12H2,1H3/t22-/m0/s1. The first-order valence-electron chi connectivity index (χ1n) is 7.28. The second-order valence-corrected chi connectivity index (χ2v) is 6.66. The summed E-state index contributed by atoms with van der Waals surface area (Å²) in [5.74, 6) is 2.02. The largest absolute Gasteiger partial charge is 0.378 e. The van der Waals surface area contributed by atoms with Crippen LogP contribution in [0, 0.1) is 0 Å². The quantitative estimate of drug-likeness (QED) is 0.861. The molecule has 2 aromatic rings. The zero-order valence-corrected chi connectivity index (χ0v) is 13.4. The summed E-state index contributed by atoms with van der Waals surface area (Å²) in [6.45, 7) is 3.05. The lowest BCUT2D eigenvalue weighted by atomic mass is 10.2. The van der Waals surface area contributed by atoms with Crippen molar-refractivity contribution in [1.82, 2.24) is 9.97 Å². The lowest BCUT2D eigenvalue weighted by Crippen LogP contribution is -2.37. The number of hydrogen-bond acceptors (Lipinski definition) is 5. The SMILES string of the molecule is C[S@](=O)Cc1cc(N2CCOCC2)nc(-c2ccccc2)n1. The summed E-state index contributed by atoms with van der Waals surface area (Å²) >= 11 is 0. The Morgan fingerprint density at radius 3 is 2.59 bits per heavy atom. The number of morpholine rings is 1. The predicted molar refractivity (Wildman–Crippen MR) is 88.3 cm³/mol. The number of rotatable bonds is 4. The number of aromatic nitrogens is 2. The number of benzene rings is 1. The molecule has 1 aromatic heterocycles. The van der Waals surface area contributed by atoms with Gasteiger partial charge in [0.05, 0.1) is 24.7 Å². The number of ether oxygens (including phenoxy) is 1. The third-order valence-electron chi connectivity index (χ3n) is 3.48. The van der Waals surface area contributed by atoms with Gasteiger partial charge in [0.15, 0.2) is 5.82 Å². The van der Waals surface area contributed by atoms with Crippen LogP contribution in [0.2, 0.25) is 0 Å². The van der Waals surface area contributed by atoms with Gasteiger partial charge in [0.2, 0.25) is 0 Å². The van der Waals surface area contributed by atoms with E-state index in [1.54, 1.807) is 6.26 Å². The minimum absolute atomic E-state index is 0.444. The van der Waals surface area contributed by atoms with E-state index in [9.17, 15) is 4.21 Å². The Kier molecular flexibility index (Phi) is 4.80. The van der Waals surface area contributed by atoms with Crippen molar-refractivity contribution in [2.75, 3.05) is 37.5 Å². The Bertz CT molecular complexity index is 658. The highest BCUT2D eigenvalue weighted by atomic mass is 32.2. The third kappa shape index (κ3) is 3.69. The molecule has 0 radical (unpaired) electrons. The van der Waals surface area contributed by atoms with Crippen molar-refractivity contribution in [2.24, 2.45) is 0 Å². The molecule has 0 saturated carbocycles. The van der Waals surface area contributed by atoms with Gasteiger partial charge in [0.25, 0.3) is 0 Å². The lowest BCUT2D eigenvalue weighted by Gasteiger charge is -2.28. The molecule has 2 heterocycles. The Labute approximate surface area is 132 Å².